The van der Waals surface area contributed by atoms with Gasteiger partial charge in [0.05, 0.1) is 0 Å². The second-order valence-corrected chi connectivity index (χ2v) is 6.37. The van der Waals surface area contributed by atoms with E-state index in [9.17, 15) is 4.53 Å². The molecular weight excluding hydrogens is 251 g/mol. The number of benzene rings is 1. The molecule has 0 aliphatic heterocycles. The molecule has 2 heteroatoms. The van der Waals surface area contributed by atoms with Crippen molar-refractivity contribution in [3.05, 3.63) is 35.4 Å². The second-order valence-electron chi connectivity index (χ2n) is 6.37. The van der Waals surface area contributed by atoms with E-state index in [4.69, 9.17) is 0 Å². The van der Waals surface area contributed by atoms with E-state index in [0.717, 1.165) is 44.9 Å². The fourth-order valence-electron chi connectivity index (χ4n) is 3.18. The lowest BCUT2D eigenvalue weighted by atomic mass is 9.81. The van der Waals surface area contributed by atoms with Crippen LogP contribution < -0.4 is 0 Å². The van der Waals surface area contributed by atoms with E-state index < -0.39 is 5.60 Å². The predicted molar refractivity (Wildman–Crippen MR) is 81.5 cm³/mol. The Kier molecular flexibility index (Phi) is 5.59. The van der Waals surface area contributed by atoms with E-state index in [0.29, 0.717) is 5.92 Å². The van der Waals surface area contributed by atoms with Crippen molar-refractivity contribution in [1.29, 1.82) is 0 Å². The van der Waals surface area contributed by atoms with Gasteiger partial charge in [0.15, 0.2) is 0 Å². The highest BCUT2D eigenvalue weighted by Crippen LogP contribution is 2.35. The molecule has 1 aliphatic carbocycles. The Bertz CT molecular complexity index is 392. The molecule has 1 unspecified atom stereocenters. The third kappa shape index (κ3) is 3.82. The molecule has 0 amide bonds. The zero-order valence-corrected chi connectivity index (χ0v) is 12.8. The van der Waals surface area contributed by atoms with Gasteiger partial charge in [-0.3, -0.25) is 0 Å². The third-order valence-corrected chi connectivity index (χ3v) is 4.96. The summed E-state index contributed by atoms with van der Waals surface area (Å²) in [7, 11) is 0. The molecule has 1 fully saturated rings. The van der Waals surface area contributed by atoms with Gasteiger partial charge in [0, 0.05) is 0 Å². The fraction of sp³-hybridized carbons (Fsp3) is 0.667. The largest absolute Gasteiger partial charge is 0.188 e. The maximum atomic E-state index is 13.0. The number of halogens is 1. The second kappa shape index (κ2) is 7.21. The van der Waals surface area contributed by atoms with Crippen molar-refractivity contribution in [1.82, 2.24) is 0 Å². The highest BCUT2D eigenvalue weighted by molar-refractivity contribution is 5.25. The predicted octanol–water partition coefficient (Wildman–Crippen LogP) is 5.74. The van der Waals surface area contributed by atoms with Crippen LogP contribution in [0.5, 0.6) is 0 Å². The highest BCUT2D eigenvalue weighted by Gasteiger charge is 2.33. The Morgan fingerprint density at radius 1 is 1.15 bits per heavy atom. The molecule has 0 spiro atoms. The molecule has 0 heterocycles. The fourth-order valence-corrected chi connectivity index (χ4v) is 3.18. The summed E-state index contributed by atoms with van der Waals surface area (Å²) in [5.74, 6) is 0.614. The van der Waals surface area contributed by atoms with Crippen molar-refractivity contribution >= 4 is 0 Å². The zero-order chi connectivity index (χ0) is 14.4. The van der Waals surface area contributed by atoms with Gasteiger partial charge in [-0.25, -0.2) is 0 Å². The molecule has 0 aromatic heterocycles. The maximum absolute atomic E-state index is 13.0. The first-order chi connectivity index (χ1) is 9.69. The smallest absolute Gasteiger partial charge is 0.109 e. The van der Waals surface area contributed by atoms with E-state index in [1.807, 2.05) is 0 Å². The summed E-state index contributed by atoms with van der Waals surface area (Å²) in [5.41, 5.74) is 2.18. The minimum absolute atomic E-state index is 0.506. The van der Waals surface area contributed by atoms with Crippen LogP contribution in [0.25, 0.3) is 0 Å². The summed E-state index contributed by atoms with van der Waals surface area (Å²) in [5, 5.41) is 0. The van der Waals surface area contributed by atoms with Gasteiger partial charge >= 0.3 is 0 Å². The number of rotatable bonds is 6. The molecule has 0 bridgehead atoms. The van der Waals surface area contributed by atoms with Crippen molar-refractivity contribution in [2.45, 2.75) is 76.7 Å². The van der Waals surface area contributed by atoms with Gasteiger partial charge in [0.2, 0.25) is 0 Å². The summed E-state index contributed by atoms with van der Waals surface area (Å²) >= 11 is 0. The SMILES string of the molecule is CCC(C)c1ccc(CCC2(OF)CCCCC2)cc1. The van der Waals surface area contributed by atoms with Crippen LogP contribution in [0.2, 0.25) is 0 Å². The lowest BCUT2D eigenvalue weighted by Gasteiger charge is -2.32. The number of hydrogen-bond acceptors (Lipinski definition) is 1. The van der Waals surface area contributed by atoms with E-state index in [1.165, 1.54) is 17.5 Å². The molecule has 0 N–H and O–H groups in total. The molecule has 1 aliphatic rings. The summed E-state index contributed by atoms with van der Waals surface area (Å²) in [6.45, 7) is 4.47. The van der Waals surface area contributed by atoms with Crippen molar-refractivity contribution in [3.63, 3.8) is 0 Å². The van der Waals surface area contributed by atoms with Crippen LogP contribution in [0.15, 0.2) is 24.3 Å². The van der Waals surface area contributed by atoms with Gasteiger partial charge in [0.1, 0.15) is 5.60 Å². The quantitative estimate of drug-likeness (QED) is 0.645. The molecule has 1 saturated carbocycles. The van der Waals surface area contributed by atoms with Crippen LogP contribution in [0.1, 0.15) is 75.8 Å². The van der Waals surface area contributed by atoms with E-state index in [2.05, 4.69) is 43.1 Å². The van der Waals surface area contributed by atoms with Gasteiger partial charge in [-0.05, 0) is 53.7 Å². The first-order valence-corrected chi connectivity index (χ1v) is 8.08. The lowest BCUT2D eigenvalue weighted by molar-refractivity contribution is -0.249. The molecule has 0 radical (unpaired) electrons. The molecule has 1 aromatic rings. The number of aryl methyl sites for hydroxylation is 1. The van der Waals surface area contributed by atoms with Gasteiger partial charge in [-0.15, -0.1) is 0 Å². The van der Waals surface area contributed by atoms with Crippen molar-refractivity contribution in [3.8, 4) is 0 Å². The minimum Gasteiger partial charge on any atom is -0.188 e. The Morgan fingerprint density at radius 3 is 2.35 bits per heavy atom. The Morgan fingerprint density at radius 2 is 1.80 bits per heavy atom. The molecule has 112 valence electrons. The summed E-state index contributed by atoms with van der Waals surface area (Å²) in [4.78, 5) is 4.38. The van der Waals surface area contributed by atoms with E-state index in [1.54, 1.807) is 0 Å². The normalized spacial score (nSPS) is 19.8. The maximum Gasteiger partial charge on any atom is 0.109 e. The first kappa shape index (κ1) is 15.5. The Balaban J connectivity index is 1.92. The molecule has 0 saturated heterocycles. The monoisotopic (exact) mass is 278 g/mol. The number of hydrogen-bond donors (Lipinski definition) is 0. The molecule has 1 atom stereocenters. The van der Waals surface area contributed by atoms with Gasteiger partial charge < -0.3 is 0 Å². The highest BCUT2D eigenvalue weighted by atomic mass is 19.3. The van der Waals surface area contributed by atoms with Gasteiger partial charge in [0.25, 0.3) is 0 Å². The Hall–Kier alpha value is -0.890. The van der Waals surface area contributed by atoms with Crippen molar-refractivity contribution in [2.24, 2.45) is 0 Å². The lowest BCUT2D eigenvalue weighted by Crippen LogP contribution is -2.33. The van der Waals surface area contributed by atoms with Crippen molar-refractivity contribution < 1.29 is 9.47 Å². The molecular formula is C18H27FO. The van der Waals surface area contributed by atoms with Crippen LogP contribution in [-0.4, -0.2) is 5.60 Å². The minimum atomic E-state index is -0.506. The van der Waals surface area contributed by atoms with Crippen LogP contribution in [-0.2, 0) is 11.4 Å². The van der Waals surface area contributed by atoms with Gasteiger partial charge in [-0.1, -0.05) is 57.4 Å². The average Bonchev–Trinajstić information content (AvgIpc) is 2.53. The van der Waals surface area contributed by atoms with E-state index >= 15 is 0 Å². The summed E-state index contributed by atoms with van der Waals surface area (Å²) in [6, 6.07) is 8.81. The Labute approximate surface area is 122 Å². The zero-order valence-electron chi connectivity index (χ0n) is 12.8. The molecule has 1 aromatic carbocycles. The molecule has 1 nitrogen and oxygen atoms in total. The topological polar surface area (TPSA) is 9.23 Å². The third-order valence-electron chi connectivity index (χ3n) is 4.96. The van der Waals surface area contributed by atoms with Gasteiger partial charge in [-0.2, -0.15) is 4.94 Å². The van der Waals surface area contributed by atoms with E-state index in [-0.39, 0.29) is 0 Å². The summed E-state index contributed by atoms with van der Waals surface area (Å²) < 4.78 is 13.0. The summed E-state index contributed by atoms with van der Waals surface area (Å²) in [6.07, 6.45) is 8.01. The average molecular weight is 278 g/mol. The van der Waals surface area contributed by atoms with Crippen LogP contribution in [0.4, 0.5) is 4.53 Å². The molecule has 2 rings (SSSR count). The standard InChI is InChI=1S/C18H27FO/c1-3-15(2)17-9-7-16(8-10-17)11-14-18(20-19)12-5-4-6-13-18/h7-10,15H,3-6,11-14H2,1-2H3. The first-order valence-electron chi connectivity index (χ1n) is 8.08. The van der Waals surface area contributed by atoms with Crippen LogP contribution >= 0.6 is 0 Å². The van der Waals surface area contributed by atoms with Crippen LogP contribution in [0.3, 0.4) is 0 Å². The molecule has 20 heavy (non-hydrogen) atoms. The van der Waals surface area contributed by atoms with Crippen molar-refractivity contribution in [2.75, 3.05) is 0 Å². The van der Waals surface area contributed by atoms with Crippen LogP contribution in [0, 0.1) is 0 Å².